The lowest BCUT2D eigenvalue weighted by Crippen LogP contribution is -2.21. The van der Waals surface area contributed by atoms with Crippen molar-refractivity contribution in [1.29, 1.82) is 0 Å². The zero-order valence-electron chi connectivity index (χ0n) is 9.76. The van der Waals surface area contributed by atoms with E-state index in [2.05, 4.69) is 4.99 Å². The Bertz CT molecular complexity index is 408. The zero-order chi connectivity index (χ0) is 12.8. The molecule has 0 heterocycles. The van der Waals surface area contributed by atoms with E-state index in [0.717, 1.165) is 12.0 Å². The molecule has 0 amide bonds. The summed E-state index contributed by atoms with van der Waals surface area (Å²) < 4.78 is 0. The quantitative estimate of drug-likeness (QED) is 0.528. The van der Waals surface area contributed by atoms with Crippen LogP contribution in [0, 0.1) is 5.92 Å². The van der Waals surface area contributed by atoms with E-state index in [0.29, 0.717) is 12.1 Å². The summed E-state index contributed by atoms with van der Waals surface area (Å²) in [7, 11) is 0. The standard InChI is InChI=1S/C12H17N3O2/c1-8(11(16)17)2-3-9-4-6-10(7-5-9)15-12(13)14/h4-8H,2-3H2,1H3,(H,16,17)(H4,13,14,15). The zero-order valence-corrected chi connectivity index (χ0v) is 9.76. The van der Waals surface area contributed by atoms with Crippen LogP contribution in [0.5, 0.6) is 0 Å². The fourth-order valence-corrected chi connectivity index (χ4v) is 1.39. The van der Waals surface area contributed by atoms with Gasteiger partial charge in [-0.15, -0.1) is 0 Å². The summed E-state index contributed by atoms with van der Waals surface area (Å²) in [5.41, 5.74) is 12.3. The molecule has 1 unspecified atom stereocenters. The van der Waals surface area contributed by atoms with Crippen LogP contribution in [-0.4, -0.2) is 17.0 Å². The van der Waals surface area contributed by atoms with Gasteiger partial charge in [-0.3, -0.25) is 4.79 Å². The first-order valence-electron chi connectivity index (χ1n) is 5.40. The molecule has 0 aromatic heterocycles. The van der Waals surface area contributed by atoms with Gasteiger partial charge in [0.2, 0.25) is 0 Å². The van der Waals surface area contributed by atoms with E-state index in [1.165, 1.54) is 0 Å². The predicted molar refractivity (Wildman–Crippen MR) is 67.0 cm³/mol. The average molecular weight is 235 g/mol. The number of guanidine groups is 1. The molecule has 0 aliphatic carbocycles. The van der Waals surface area contributed by atoms with Crippen LogP contribution in [0.1, 0.15) is 18.9 Å². The number of hydrogen-bond donors (Lipinski definition) is 3. The molecule has 0 spiro atoms. The van der Waals surface area contributed by atoms with Crippen molar-refractivity contribution in [1.82, 2.24) is 0 Å². The van der Waals surface area contributed by atoms with Crippen LogP contribution in [0.25, 0.3) is 0 Å². The molecule has 5 heteroatoms. The largest absolute Gasteiger partial charge is 0.481 e. The summed E-state index contributed by atoms with van der Waals surface area (Å²) in [6.45, 7) is 1.70. The van der Waals surface area contributed by atoms with Crippen molar-refractivity contribution < 1.29 is 9.90 Å². The highest BCUT2D eigenvalue weighted by Crippen LogP contribution is 2.15. The van der Waals surface area contributed by atoms with Gasteiger partial charge in [0.25, 0.3) is 0 Å². The van der Waals surface area contributed by atoms with Crippen LogP contribution >= 0.6 is 0 Å². The first-order chi connectivity index (χ1) is 7.99. The van der Waals surface area contributed by atoms with E-state index >= 15 is 0 Å². The molecule has 1 aromatic carbocycles. The maximum absolute atomic E-state index is 10.7. The molecule has 1 rings (SSSR count). The van der Waals surface area contributed by atoms with Crippen LogP contribution in [-0.2, 0) is 11.2 Å². The Kier molecular flexibility index (Phi) is 4.51. The molecular weight excluding hydrogens is 218 g/mol. The van der Waals surface area contributed by atoms with Crippen LogP contribution in [0.4, 0.5) is 5.69 Å². The van der Waals surface area contributed by atoms with Gasteiger partial charge in [-0.05, 0) is 30.5 Å². The minimum atomic E-state index is -0.762. The lowest BCUT2D eigenvalue weighted by atomic mass is 10.0. The van der Waals surface area contributed by atoms with Crippen LogP contribution in [0.15, 0.2) is 29.3 Å². The number of aryl methyl sites for hydroxylation is 1. The second kappa shape index (κ2) is 5.89. The summed E-state index contributed by atoms with van der Waals surface area (Å²) >= 11 is 0. The highest BCUT2D eigenvalue weighted by Gasteiger charge is 2.10. The summed E-state index contributed by atoms with van der Waals surface area (Å²) in [4.78, 5) is 14.6. The van der Waals surface area contributed by atoms with Crippen LogP contribution < -0.4 is 11.5 Å². The lowest BCUT2D eigenvalue weighted by molar-refractivity contribution is -0.141. The smallest absolute Gasteiger partial charge is 0.306 e. The number of nitrogens with two attached hydrogens (primary N) is 2. The molecule has 1 aromatic rings. The van der Waals surface area contributed by atoms with Crippen LogP contribution in [0.2, 0.25) is 0 Å². The summed E-state index contributed by atoms with van der Waals surface area (Å²) in [5.74, 6) is -1.06. The number of carboxylic acids is 1. The van der Waals surface area contributed by atoms with Gasteiger partial charge in [0.05, 0.1) is 11.6 Å². The fraction of sp³-hybridized carbons (Fsp3) is 0.333. The second-order valence-corrected chi connectivity index (χ2v) is 3.98. The molecule has 5 N–H and O–H groups in total. The Labute approximate surface area is 100 Å². The molecule has 0 radical (unpaired) electrons. The van der Waals surface area contributed by atoms with Crippen molar-refractivity contribution in [3.63, 3.8) is 0 Å². The topological polar surface area (TPSA) is 102 Å². The average Bonchev–Trinajstić information content (AvgIpc) is 2.26. The number of benzene rings is 1. The van der Waals surface area contributed by atoms with E-state index < -0.39 is 5.97 Å². The summed E-state index contributed by atoms with van der Waals surface area (Å²) in [5, 5.41) is 8.76. The summed E-state index contributed by atoms with van der Waals surface area (Å²) in [6, 6.07) is 7.41. The second-order valence-electron chi connectivity index (χ2n) is 3.98. The molecular formula is C12H17N3O2. The van der Waals surface area contributed by atoms with Gasteiger partial charge in [0.15, 0.2) is 5.96 Å². The minimum absolute atomic E-state index is 0.0252. The van der Waals surface area contributed by atoms with Gasteiger partial charge in [-0.25, -0.2) is 4.99 Å². The SMILES string of the molecule is CC(CCc1ccc(N=C(N)N)cc1)C(=O)O. The molecule has 0 saturated heterocycles. The fourth-order valence-electron chi connectivity index (χ4n) is 1.39. The number of aliphatic carboxylic acids is 1. The predicted octanol–water partition coefficient (Wildman–Crippen LogP) is 1.24. The van der Waals surface area contributed by atoms with Crippen molar-refractivity contribution in [2.24, 2.45) is 22.4 Å². The summed E-state index contributed by atoms with van der Waals surface area (Å²) in [6.07, 6.45) is 1.35. The molecule has 17 heavy (non-hydrogen) atoms. The Morgan fingerprint density at radius 1 is 1.35 bits per heavy atom. The molecule has 0 aliphatic heterocycles. The number of rotatable bonds is 5. The molecule has 0 fully saturated rings. The lowest BCUT2D eigenvalue weighted by Gasteiger charge is -2.06. The first-order valence-corrected chi connectivity index (χ1v) is 5.40. The van der Waals surface area contributed by atoms with E-state index in [4.69, 9.17) is 16.6 Å². The van der Waals surface area contributed by atoms with Gasteiger partial charge in [-0.2, -0.15) is 0 Å². The van der Waals surface area contributed by atoms with E-state index in [9.17, 15) is 4.79 Å². The van der Waals surface area contributed by atoms with Gasteiger partial charge >= 0.3 is 5.97 Å². The van der Waals surface area contributed by atoms with Crippen molar-refractivity contribution >= 4 is 17.6 Å². The van der Waals surface area contributed by atoms with Crippen molar-refractivity contribution in [2.45, 2.75) is 19.8 Å². The third-order valence-corrected chi connectivity index (χ3v) is 2.48. The van der Waals surface area contributed by atoms with Gasteiger partial charge in [0.1, 0.15) is 0 Å². The molecule has 0 aliphatic rings. The Morgan fingerprint density at radius 2 is 1.94 bits per heavy atom. The first kappa shape index (κ1) is 13.0. The number of carboxylic acid groups (broad SMARTS) is 1. The molecule has 0 saturated carbocycles. The maximum Gasteiger partial charge on any atom is 0.306 e. The normalized spacial score (nSPS) is 11.8. The third-order valence-electron chi connectivity index (χ3n) is 2.48. The molecule has 1 atom stereocenters. The number of carbonyl (C=O) groups is 1. The van der Waals surface area contributed by atoms with Crippen molar-refractivity contribution in [2.75, 3.05) is 0 Å². The molecule has 5 nitrogen and oxygen atoms in total. The van der Waals surface area contributed by atoms with E-state index in [-0.39, 0.29) is 11.9 Å². The van der Waals surface area contributed by atoms with Crippen molar-refractivity contribution in [3.05, 3.63) is 29.8 Å². The van der Waals surface area contributed by atoms with E-state index in [1.807, 2.05) is 12.1 Å². The maximum atomic E-state index is 10.7. The Hall–Kier alpha value is -2.04. The van der Waals surface area contributed by atoms with E-state index in [1.54, 1.807) is 19.1 Å². The number of hydrogen-bond acceptors (Lipinski definition) is 2. The Balaban J connectivity index is 2.57. The van der Waals surface area contributed by atoms with Crippen molar-refractivity contribution in [3.8, 4) is 0 Å². The Morgan fingerprint density at radius 3 is 2.41 bits per heavy atom. The highest BCUT2D eigenvalue weighted by atomic mass is 16.4. The monoisotopic (exact) mass is 235 g/mol. The van der Waals surface area contributed by atoms with Gasteiger partial charge in [-0.1, -0.05) is 19.1 Å². The minimum Gasteiger partial charge on any atom is -0.481 e. The molecule has 0 bridgehead atoms. The van der Waals surface area contributed by atoms with Gasteiger partial charge in [0, 0.05) is 0 Å². The van der Waals surface area contributed by atoms with Crippen LogP contribution in [0.3, 0.4) is 0 Å². The molecule has 92 valence electrons. The number of nitrogens with zero attached hydrogens (tertiary/aromatic N) is 1. The highest BCUT2D eigenvalue weighted by molar-refractivity contribution is 5.78. The van der Waals surface area contributed by atoms with Gasteiger partial charge < -0.3 is 16.6 Å². The number of aliphatic imine (C=N–C) groups is 1. The third kappa shape index (κ3) is 4.55.